The number of hydrogen-bond acceptors (Lipinski definition) is 4. The third-order valence-electron chi connectivity index (χ3n) is 3.58. The number of carbonyl (C=O) groups excluding carboxylic acids is 1. The number of amides is 2. The van der Waals surface area contributed by atoms with Gasteiger partial charge in [-0.3, -0.25) is 4.98 Å². The monoisotopic (exact) mass is 332 g/mol. The summed E-state index contributed by atoms with van der Waals surface area (Å²) < 4.78 is 5.53. The van der Waals surface area contributed by atoms with E-state index in [1.165, 1.54) is 12.4 Å². The van der Waals surface area contributed by atoms with Gasteiger partial charge in [-0.1, -0.05) is 41.9 Å². The van der Waals surface area contributed by atoms with Crippen molar-refractivity contribution in [1.82, 2.24) is 20.2 Å². The molecule has 1 aromatic heterocycles. The van der Waals surface area contributed by atoms with Crippen LogP contribution in [0.4, 0.5) is 4.79 Å². The molecule has 1 aliphatic rings. The van der Waals surface area contributed by atoms with E-state index in [9.17, 15) is 4.79 Å². The Bertz CT molecular complexity index is 662. The van der Waals surface area contributed by atoms with Crippen molar-refractivity contribution in [3.05, 3.63) is 53.4 Å². The highest BCUT2D eigenvalue weighted by Gasteiger charge is 2.31. The van der Waals surface area contributed by atoms with Crippen molar-refractivity contribution < 1.29 is 9.53 Å². The highest BCUT2D eigenvalue weighted by atomic mass is 35.5. The first-order valence-corrected chi connectivity index (χ1v) is 7.75. The fraction of sp³-hybridized carbons (Fsp3) is 0.312. The Morgan fingerprint density at radius 3 is 2.83 bits per heavy atom. The molecule has 7 heteroatoms. The minimum absolute atomic E-state index is 0.0485. The molecule has 0 radical (unpaired) electrons. The maximum Gasteiger partial charge on any atom is 0.317 e. The standard InChI is InChI=1S/C16H17ClN4O2/c17-14-7-18-8-15(20-14)23-11-13-9-21(10-13)16(22)19-6-12-4-2-1-3-5-12/h1-5,7-8,13H,6,9-11H2,(H,19,22). The highest BCUT2D eigenvalue weighted by molar-refractivity contribution is 6.29. The number of hydrogen-bond donors (Lipinski definition) is 1. The molecule has 0 spiro atoms. The van der Waals surface area contributed by atoms with Crippen LogP contribution in [-0.2, 0) is 6.54 Å². The second kappa shape index (κ2) is 7.28. The first-order valence-electron chi connectivity index (χ1n) is 7.38. The lowest BCUT2D eigenvalue weighted by Gasteiger charge is -2.38. The van der Waals surface area contributed by atoms with Gasteiger partial charge in [0.1, 0.15) is 0 Å². The molecule has 23 heavy (non-hydrogen) atoms. The lowest BCUT2D eigenvalue weighted by molar-refractivity contribution is 0.0838. The van der Waals surface area contributed by atoms with Gasteiger partial charge in [-0.15, -0.1) is 0 Å². The Morgan fingerprint density at radius 2 is 2.09 bits per heavy atom. The Labute approximate surface area is 139 Å². The molecule has 0 atom stereocenters. The van der Waals surface area contributed by atoms with Crippen LogP contribution < -0.4 is 10.1 Å². The minimum Gasteiger partial charge on any atom is -0.476 e. The summed E-state index contributed by atoms with van der Waals surface area (Å²) in [5, 5.41) is 3.21. The van der Waals surface area contributed by atoms with Crippen LogP contribution in [0, 0.1) is 5.92 Å². The van der Waals surface area contributed by atoms with Crippen LogP contribution in [0.1, 0.15) is 5.56 Å². The Kier molecular flexibility index (Phi) is 4.92. The van der Waals surface area contributed by atoms with Crippen molar-refractivity contribution in [2.75, 3.05) is 19.7 Å². The second-order valence-electron chi connectivity index (χ2n) is 5.41. The molecule has 1 aromatic carbocycles. The van der Waals surface area contributed by atoms with Crippen LogP contribution in [0.5, 0.6) is 5.88 Å². The summed E-state index contributed by atoms with van der Waals surface area (Å²) in [5.74, 6) is 0.711. The third kappa shape index (κ3) is 4.32. The second-order valence-corrected chi connectivity index (χ2v) is 5.79. The zero-order valence-corrected chi connectivity index (χ0v) is 13.2. The summed E-state index contributed by atoms with van der Waals surface area (Å²) in [6.07, 6.45) is 2.98. The molecule has 2 aromatic rings. The minimum atomic E-state index is -0.0485. The van der Waals surface area contributed by atoms with Gasteiger partial charge in [-0.2, -0.15) is 4.98 Å². The molecule has 3 rings (SSSR count). The predicted octanol–water partition coefficient (Wildman–Crippen LogP) is 2.35. The highest BCUT2D eigenvalue weighted by Crippen LogP contribution is 2.17. The van der Waals surface area contributed by atoms with Crippen molar-refractivity contribution in [3.8, 4) is 5.88 Å². The summed E-state index contributed by atoms with van der Waals surface area (Å²) in [6.45, 7) is 2.39. The molecular formula is C16H17ClN4O2. The number of nitrogens with zero attached hydrogens (tertiary/aromatic N) is 3. The summed E-state index contributed by atoms with van der Waals surface area (Å²) in [4.78, 5) is 21.7. The predicted molar refractivity (Wildman–Crippen MR) is 86.3 cm³/mol. The van der Waals surface area contributed by atoms with E-state index in [-0.39, 0.29) is 6.03 Å². The van der Waals surface area contributed by atoms with Gasteiger partial charge in [0.05, 0.1) is 19.0 Å². The van der Waals surface area contributed by atoms with E-state index in [1.54, 1.807) is 4.90 Å². The molecule has 1 saturated heterocycles. The van der Waals surface area contributed by atoms with Crippen LogP contribution in [-0.4, -0.2) is 40.6 Å². The van der Waals surface area contributed by atoms with E-state index in [0.29, 0.717) is 43.2 Å². The number of carbonyl (C=O) groups is 1. The van der Waals surface area contributed by atoms with Crippen molar-refractivity contribution in [3.63, 3.8) is 0 Å². The molecule has 1 N–H and O–H groups in total. The molecule has 0 aliphatic carbocycles. The largest absolute Gasteiger partial charge is 0.476 e. The van der Waals surface area contributed by atoms with Crippen molar-refractivity contribution in [2.24, 2.45) is 5.92 Å². The van der Waals surface area contributed by atoms with E-state index in [4.69, 9.17) is 16.3 Å². The van der Waals surface area contributed by atoms with E-state index >= 15 is 0 Å². The normalized spacial score (nSPS) is 14.2. The van der Waals surface area contributed by atoms with Gasteiger partial charge in [0.2, 0.25) is 5.88 Å². The number of halogens is 1. The van der Waals surface area contributed by atoms with Crippen molar-refractivity contribution >= 4 is 17.6 Å². The van der Waals surface area contributed by atoms with E-state index in [1.807, 2.05) is 30.3 Å². The van der Waals surface area contributed by atoms with E-state index in [0.717, 1.165) is 5.56 Å². The molecule has 2 heterocycles. The number of urea groups is 1. The first kappa shape index (κ1) is 15.6. The Morgan fingerprint density at radius 1 is 1.30 bits per heavy atom. The van der Waals surface area contributed by atoms with Gasteiger partial charge >= 0.3 is 6.03 Å². The maximum atomic E-state index is 12.0. The van der Waals surface area contributed by atoms with E-state index < -0.39 is 0 Å². The van der Waals surface area contributed by atoms with Crippen molar-refractivity contribution in [1.29, 1.82) is 0 Å². The van der Waals surface area contributed by atoms with E-state index in [2.05, 4.69) is 15.3 Å². The molecule has 1 fully saturated rings. The number of rotatable bonds is 5. The number of aromatic nitrogens is 2. The SMILES string of the molecule is O=C(NCc1ccccc1)N1CC(COc2cncc(Cl)n2)C1. The number of nitrogens with one attached hydrogen (secondary N) is 1. The smallest absolute Gasteiger partial charge is 0.317 e. The molecule has 1 aliphatic heterocycles. The third-order valence-corrected chi connectivity index (χ3v) is 3.76. The Hall–Kier alpha value is -2.34. The molecular weight excluding hydrogens is 316 g/mol. The zero-order valence-electron chi connectivity index (χ0n) is 12.5. The molecule has 0 bridgehead atoms. The topological polar surface area (TPSA) is 67.4 Å². The van der Waals surface area contributed by atoms with Gasteiger partial charge in [0.25, 0.3) is 0 Å². The van der Waals surface area contributed by atoms with Crippen LogP contribution in [0.3, 0.4) is 0 Å². The average molecular weight is 333 g/mol. The fourth-order valence-corrected chi connectivity index (χ4v) is 2.46. The molecule has 120 valence electrons. The average Bonchev–Trinajstić information content (AvgIpc) is 2.52. The van der Waals surface area contributed by atoms with Crippen LogP contribution in [0.2, 0.25) is 5.15 Å². The maximum absolute atomic E-state index is 12.0. The molecule has 0 saturated carbocycles. The van der Waals surface area contributed by atoms with Gasteiger partial charge in [0.15, 0.2) is 5.15 Å². The van der Waals surface area contributed by atoms with Gasteiger partial charge in [-0.05, 0) is 5.56 Å². The van der Waals surface area contributed by atoms with Gasteiger partial charge in [0, 0.05) is 25.6 Å². The number of benzene rings is 1. The summed E-state index contributed by atoms with van der Waals surface area (Å²) in [6, 6.07) is 9.79. The number of likely N-dealkylation sites (tertiary alicyclic amines) is 1. The van der Waals surface area contributed by atoms with Crippen LogP contribution in [0.15, 0.2) is 42.7 Å². The number of ether oxygens (including phenoxy) is 1. The quantitative estimate of drug-likeness (QED) is 0.912. The summed E-state index contributed by atoms with van der Waals surface area (Å²) in [5.41, 5.74) is 1.08. The molecule has 2 amide bonds. The lowest BCUT2D eigenvalue weighted by Crippen LogP contribution is -2.55. The molecule has 6 nitrogen and oxygen atoms in total. The lowest BCUT2D eigenvalue weighted by atomic mass is 10.0. The fourth-order valence-electron chi connectivity index (χ4n) is 2.32. The summed E-state index contributed by atoms with van der Waals surface area (Å²) >= 11 is 5.74. The van der Waals surface area contributed by atoms with Crippen molar-refractivity contribution in [2.45, 2.75) is 6.54 Å². The zero-order chi connectivity index (χ0) is 16.1. The van der Waals surface area contributed by atoms with Gasteiger partial charge < -0.3 is 15.0 Å². The van der Waals surface area contributed by atoms with Gasteiger partial charge in [-0.25, -0.2) is 4.79 Å². The van der Waals surface area contributed by atoms with Crippen LogP contribution >= 0.6 is 11.6 Å². The molecule has 0 unspecified atom stereocenters. The van der Waals surface area contributed by atoms with Crippen LogP contribution in [0.25, 0.3) is 0 Å². The Balaban J connectivity index is 1.36. The first-order chi connectivity index (χ1) is 11.2. The summed E-state index contributed by atoms with van der Waals surface area (Å²) in [7, 11) is 0.